The standard InChI is InChI=1S/C13H23N3O4/c1-13(2,3)9(11(18)19)15-12(20)16-6-4-8(5-7-16)10(14)17/h8-9H,4-7H2,1-3H3,(H2,14,17)(H,15,20)(H,18,19). The molecule has 1 unspecified atom stereocenters. The molecule has 1 aliphatic rings. The second kappa shape index (κ2) is 6.11. The zero-order valence-electron chi connectivity index (χ0n) is 12.2. The number of primary amides is 1. The number of urea groups is 1. The zero-order valence-corrected chi connectivity index (χ0v) is 12.2. The Morgan fingerprint density at radius 2 is 1.75 bits per heavy atom. The number of nitrogens with two attached hydrogens (primary N) is 1. The summed E-state index contributed by atoms with van der Waals surface area (Å²) < 4.78 is 0. The number of amides is 3. The van der Waals surface area contributed by atoms with Crippen molar-refractivity contribution in [3.8, 4) is 0 Å². The Morgan fingerprint density at radius 3 is 2.10 bits per heavy atom. The van der Waals surface area contributed by atoms with Gasteiger partial charge in [0.2, 0.25) is 5.91 Å². The molecule has 1 fully saturated rings. The van der Waals surface area contributed by atoms with Crippen molar-refractivity contribution in [2.75, 3.05) is 13.1 Å². The quantitative estimate of drug-likeness (QED) is 0.696. The maximum atomic E-state index is 12.1. The van der Waals surface area contributed by atoms with E-state index >= 15 is 0 Å². The fourth-order valence-corrected chi connectivity index (χ4v) is 2.23. The van der Waals surface area contributed by atoms with Gasteiger partial charge < -0.3 is 21.1 Å². The molecule has 3 amide bonds. The van der Waals surface area contributed by atoms with Gasteiger partial charge in [-0.2, -0.15) is 0 Å². The first kappa shape index (κ1) is 16.3. The molecule has 1 atom stereocenters. The number of piperidine rings is 1. The molecule has 20 heavy (non-hydrogen) atoms. The number of nitrogens with zero attached hydrogens (tertiary/aromatic N) is 1. The Balaban J connectivity index is 2.59. The second-order valence-electron chi connectivity index (χ2n) is 6.25. The Hall–Kier alpha value is -1.79. The topological polar surface area (TPSA) is 113 Å². The third-order valence-corrected chi connectivity index (χ3v) is 3.57. The highest BCUT2D eigenvalue weighted by Crippen LogP contribution is 2.21. The summed E-state index contributed by atoms with van der Waals surface area (Å²) in [5, 5.41) is 11.7. The minimum Gasteiger partial charge on any atom is -0.480 e. The Bertz CT molecular complexity index is 395. The van der Waals surface area contributed by atoms with E-state index in [1.54, 1.807) is 20.8 Å². The summed E-state index contributed by atoms with van der Waals surface area (Å²) in [6, 6.07) is -1.36. The highest BCUT2D eigenvalue weighted by Gasteiger charge is 2.34. The van der Waals surface area contributed by atoms with E-state index in [0.29, 0.717) is 25.9 Å². The Labute approximate surface area is 118 Å². The van der Waals surface area contributed by atoms with Crippen molar-refractivity contribution in [1.82, 2.24) is 10.2 Å². The van der Waals surface area contributed by atoms with Gasteiger partial charge >= 0.3 is 12.0 Å². The molecule has 1 saturated heterocycles. The van der Waals surface area contributed by atoms with Crippen LogP contribution in [0.3, 0.4) is 0 Å². The molecule has 0 saturated carbocycles. The third-order valence-electron chi connectivity index (χ3n) is 3.57. The molecule has 1 heterocycles. The van der Waals surface area contributed by atoms with Gasteiger partial charge in [0.05, 0.1) is 0 Å². The molecular weight excluding hydrogens is 262 g/mol. The normalized spacial score (nSPS) is 18.4. The molecule has 7 heteroatoms. The van der Waals surface area contributed by atoms with Gasteiger partial charge in [0.1, 0.15) is 6.04 Å². The number of aliphatic carboxylic acids is 1. The molecule has 0 radical (unpaired) electrons. The number of nitrogens with one attached hydrogen (secondary N) is 1. The third kappa shape index (κ3) is 4.11. The van der Waals surface area contributed by atoms with E-state index in [9.17, 15) is 19.5 Å². The van der Waals surface area contributed by atoms with E-state index < -0.39 is 23.5 Å². The Kier molecular flexibility index (Phi) is 4.97. The largest absolute Gasteiger partial charge is 0.480 e. The summed E-state index contributed by atoms with van der Waals surface area (Å²) in [6.07, 6.45) is 1.05. The summed E-state index contributed by atoms with van der Waals surface area (Å²) in [6.45, 7) is 6.09. The van der Waals surface area contributed by atoms with Crippen LogP contribution in [0.5, 0.6) is 0 Å². The van der Waals surface area contributed by atoms with Gasteiger partial charge in [-0.1, -0.05) is 20.8 Å². The number of hydrogen-bond donors (Lipinski definition) is 3. The van der Waals surface area contributed by atoms with Crippen LogP contribution in [0.15, 0.2) is 0 Å². The molecular formula is C13H23N3O4. The number of carbonyl (C=O) groups is 3. The van der Waals surface area contributed by atoms with E-state index in [2.05, 4.69) is 5.32 Å². The number of hydrogen-bond acceptors (Lipinski definition) is 3. The fraction of sp³-hybridized carbons (Fsp3) is 0.769. The first-order chi connectivity index (χ1) is 9.12. The summed E-state index contributed by atoms with van der Waals surface area (Å²) in [4.78, 5) is 35.9. The maximum Gasteiger partial charge on any atom is 0.326 e. The predicted molar refractivity (Wildman–Crippen MR) is 72.9 cm³/mol. The number of likely N-dealkylation sites (tertiary alicyclic amines) is 1. The minimum absolute atomic E-state index is 0.197. The van der Waals surface area contributed by atoms with Gasteiger partial charge in [0.15, 0.2) is 0 Å². The number of carbonyl (C=O) groups excluding carboxylic acids is 2. The predicted octanol–water partition coefficient (Wildman–Crippen LogP) is 0.393. The molecule has 1 aliphatic heterocycles. The van der Waals surface area contributed by atoms with Gasteiger partial charge in [0.25, 0.3) is 0 Å². The van der Waals surface area contributed by atoms with Crippen LogP contribution in [0.25, 0.3) is 0 Å². The lowest BCUT2D eigenvalue weighted by Crippen LogP contribution is -2.55. The maximum absolute atomic E-state index is 12.1. The van der Waals surface area contributed by atoms with Crippen LogP contribution in [-0.2, 0) is 9.59 Å². The first-order valence-electron chi connectivity index (χ1n) is 6.70. The average Bonchev–Trinajstić information content (AvgIpc) is 2.33. The van der Waals surface area contributed by atoms with E-state index in [4.69, 9.17) is 5.73 Å². The number of carboxylic acids is 1. The van der Waals surface area contributed by atoms with Crippen LogP contribution < -0.4 is 11.1 Å². The molecule has 114 valence electrons. The van der Waals surface area contributed by atoms with E-state index in [1.165, 1.54) is 4.90 Å². The van der Waals surface area contributed by atoms with Crippen LogP contribution in [0.1, 0.15) is 33.6 Å². The smallest absolute Gasteiger partial charge is 0.326 e. The van der Waals surface area contributed by atoms with Gasteiger partial charge in [-0.15, -0.1) is 0 Å². The van der Waals surface area contributed by atoms with Crippen LogP contribution >= 0.6 is 0 Å². The van der Waals surface area contributed by atoms with Gasteiger partial charge in [0, 0.05) is 19.0 Å². The van der Waals surface area contributed by atoms with Crippen molar-refractivity contribution >= 4 is 17.9 Å². The zero-order chi connectivity index (χ0) is 15.5. The van der Waals surface area contributed by atoms with Crippen LogP contribution in [0.2, 0.25) is 0 Å². The highest BCUT2D eigenvalue weighted by molar-refractivity contribution is 5.83. The molecule has 0 bridgehead atoms. The molecule has 0 aromatic heterocycles. The summed E-state index contributed by atoms with van der Waals surface area (Å²) in [5.41, 5.74) is 4.65. The Morgan fingerprint density at radius 1 is 1.25 bits per heavy atom. The first-order valence-corrected chi connectivity index (χ1v) is 6.70. The number of carboxylic acid groups (broad SMARTS) is 1. The van der Waals surface area contributed by atoms with Crippen molar-refractivity contribution in [2.45, 2.75) is 39.7 Å². The highest BCUT2D eigenvalue weighted by atomic mass is 16.4. The molecule has 0 aromatic rings. The summed E-state index contributed by atoms with van der Waals surface area (Å²) in [7, 11) is 0. The second-order valence-corrected chi connectivity index (χ2v) is 6.25. The van der Waals surface area contributed by atoms with Crippen LogP contribution in [0, 0.1) is 11.3 Å². The monoisotopic (exact) mass is 285 g/mol. The summed E-state index contributed by atoms with van der Waals surface area (Å²) in [5.74, 6) is -1.60. The SMILES string of the molecule is CC(C)(C)C(NC(=O)N1CCC(C(N)=O)CC1)C(=O)O. The van der Waals surface area contributed by atoms with Crippen molar-refractivity contribution in [3.05, 3.63) is 0 Å². The van der Waals surface area contributed by atoms with Crippen molar-refractivity contribution < 1.29 is 19.5 Å². The van der Waals surface area contributed by atoms with E-state index in [1.807, 2.05) is 0 Å². The van der Waals surface area contributed by atoms with Gasteiger partial charge in [-0.3, -0.25) is 4.79 Å². The van der Waals surface area contributed by atoms with Crippen molar-refractivity contribution in [2.24, 2.45) is 17.1 Å². The lowest BCUT2D eigenvalue weighted by Gasteiger charge is -2.34. The van der Waals surface area contributed by atoms with Crippen molar-refractivity contribution in [1.29, 1.82) is 0 Å². The summed E-state index contributed by atoms with van der Waals surface area (Å²) >= 11 is 0. The van der Waals surface area contributed by atoms with Crippen molar-refractivity contribution in [3.63, 3.8) is 0 Å². The molecule has 1 rings (SSSR count). The van der Waals surface area contributed by atoms with Gasteiger partial charge in [-0.25, -0.2) is 9.59 Å². The molecule has 0 aliphatic carbocycles. The average molecular weight is 285 g/mol. The molecule has 0 aromatic carbocycles. The lowest BCUT2D eigenvalue weighted by molar-refractivity contribution is -0.142. The van der Waals surface area contributed by atoms with E-state index in [-0.39, 0.29) is 11.8 Å². The fourth-order valence-electron chi connectivity index (χ4n) is 2.23. The molecule has 7 nitrogen and oxygen atoms in total. The minimum atomic E-state index is -1.06. The number of rotatable bonds is 3. The van der Waals surface area contributed by atoms with E-state index in [0.717, 1.165) is 0 Å². The lowest BCUT2D eigenvalue weighted by atomic mass is 9.87. The van der Waals surface area contributed by atoms with Crippen LogP contribution in [0.4, 0.5) is 4.79 Å². The van der Waals surface area contributed by atoms with Gasteiger partial charge in [-0.05, 0) is 18.3 Å². The molecule has 4 N–H and O–H groups in total. The molecule has 0 spiro atoms. The van der Waals surface area contributed by atoms with Crippen LogP contribution in [-0.4, -0.2) is 47.0 Å².